The van der Waals surface area contributed by atoms with E-state index in [2.05, 4.69) is 15.9 Å². The molecule has 0 aliphatic carbocycles. The second kappa shape index (κ2) is 5.96. The molecule has 2 N–H and O–H groups in total. The molecule has 1 amide bonds. The third-order valence-electron chi connectivity index (χ3n) is 3.24. The van der Waals surface area contributed by atoms with Gasteiger partial charge in [0.15, 0.2) is 0 Å². The molecule has 0 aromatic heterocycles. The quantitative estimate of drug-likeness (QED) is 0.844. The maximum Gasteiger partial charge on any atom is 0.227 e. The van der Waals surface area contributed by atoms with Gasteiger partial charge in [-0.2, -0.15) is 0 Å². The van der Waals surface area contributed by atoms with E-state index >= 15 is 0 Å². The van der Waals surface area contributed by atoms with Crippen LogP contribution in [0.2, 0.25) is 0 Å². The van der Waals surface area contributed by atoms with E-state index in [0.29, 0.717) is 13.1 Å². The first-order valence-corrected chi connectivity index (χ1v) is 6.93. The molecule has 1 fully saturated rings. The van der Waals surface area contributed by atoms with Crippen molar-refractivity contribution in [2.45, 2.75) is 25.3 Å². The summed E-state index contributed by atoms with van der Waals surface area (Å²) in [6, 6.07) is 2.07. The van der Waals surface area contributed by atoms with E-state index in [0.717, 1.165) is 25.0 Å². The second-order valence-electron chi connectivity index (χ2n) is 4.78. The van der Waals surface area contributed by atoms with Crippen molar-refractivity contribution in [3.63, 3.8) is 0 Å². The Hall–Kier alpha value is -1.01. The number of halogens is 3. The maximum atomic E-state index is 13.6. The SMILES string of the molecule is N[C@@H]1CCCN(C(=O)Cc2cc(F)c(Br)cc2F)C1. The zero-order chi connectivity index (χ0) is 14.0. The Morgan fingerprint density at radius 2 is 2.16 bits per heavy atom. The van der Waals surface area contributed by atoms with E-state index < -0.39 is 11.6 Å². The summed E-state index contributed by atoms with van der Waals surface area (Å²) < 4.78 is 27.1. The monoisotopic (exact) mass is 332 g/mol. The molecule has 2 rings (SSSR count). The summed E-state index contributed by atoms with van der Waals surface area (Å²) in [4.78, 5) is 13.6. The third kappa shape index (κ3) is 3.51. The molecule has 6 heteroatoms. The van der Waals surface area contributed by atoms with E-state index in [9.17, 15) is 13.6 Å². The molecule has 1 aliphatic rings. The predicted molar refractivity (Wildman–Crippen MR) is 71.6 cm³/mol. The molecule has 1 heterocycles. The van der Waals surface area contributed by atoms with Crippen LogP contribution in [0.5, 0.6) is 0 Å². The number of benzene rings is 1. The Morgan fingerprint density at radius 1 is 1.42 bits per heavy atom. The predicted octanol–water partition coefficient (Wildman–Crippen LogP) is 2.22. The largest absolute Gasteiger partial charge is 0.341 e. The van der Waals surface area contributed by atoms with Crippen molar-refractivity contribution in [3.05, 3.63) is 33.8 Å². The summed E-state index contributed by atoms with van der Waals surface area (Å²) >= 11 is 2.90. The van der Waals surface area contributed by atoms with Crippen LogP contribution in [0.1, 0.15) is 18.4 Å². The molecule has 0 saturated carbocycles. The lowest BCUT2D eigenvalue weighted by Crippen LogP contribution is -2.46. The van der Waals surface area contributed by atoms with E-state index in [4.69, 9.17) is 5.73 Å². The minimum Gasteiger partial charge on any atom is -0.341 e. The van der Waals surface area contributed by atoms with E-state index in [1.54, 1.807) is 4.90 Å². The lowest BCUT2D eigenvalue weighted by atomic mass is 10.0. The summed E-state index contributed by atoms with van der Waals surface area (Å²) in [6.45, 7) is 1.12. The third-order valence-corrected chi connectivity index (χ3v) is 3.85. The molecule has 1 saturated heterocycles. The average Bonchev–Trinajstić information content (AvgIpc) is 2.36. The number of carbonyl (C=O) groups excluding carboxylic acids is 1. The van der Waals surface area contributed by atoms with Crippen molar-refractivity contribution >= 4 is 21.8 Å². The minimum absolute atomic E-state index is 0.0239. The Bertz CT molecular complexity index is 496. The average molecular weight is 333 g/mol. The van der Waals surface area contributed by atoms with Crippen molar-refractivity contribution in [2.24, 2.45) is 5.73 Å². The highest BCUT2D eigenvalue weighted by Gasteiger charge is 2.22. The molecule has 0 spiro atoms. The first-order valence-electron chi connectivity index (χ1n) is 6.14. The molecule has 0 bridgehead atoms. The summed E-state index contributed by atoms with van der Waals surface area (Å²) in [7, 11) is 0. The van der Waals surface area contributed by atoms with Crippen molar-refractivity contribution in [1.29, 1.82) is 0 Å². The standard InChI is InChI=1S/C13H15BrF2N2O/c14-10-6-11(15)8(4-12(10)16)5-13(19)18-3-1-2-9(17)7-18/h4,6,9H,1-3,5,7,17H2/t9-/m1/s1. The molecule has 0 unspecified atom stereocenters. The molecule has 19 heavy (non-hydrogen) atoms. The molecule has 104 valence electrons. The van der Waals surface area contributed by atoms with Gasteiger partial charge in [0.05, 0.1) is 10.9 Å². The van der Waals surface area contributed by atoms with Crippen LogP contribution in [-0.2, 0) is 11.2 Å². The number of nitrogens with zero attached hydrogens (tertiary/aromatic N) is 1. The number of hydrogen-bond donors (Lipinski definition) is 1. The van der Waals surface area contributed by atoms with Crippen LogP contribution in [0.3, 0.4) is 0 Å². The summed E-state index contributed by atoms with van der Waals surface area (Å²) in [5.41, 5.74) is 5.87. The molecular formula is C13H15BrF2N2O. The van der Waals surface area contributed by atoms with Crippen LogP contribution >= 0.6 is 15.9 Å². The highest BCUT2D eigenvalue weighted by molar-refractivity contribution is 9.10. The van der Waals surface area contributed by atoms with Gasteiger partial charge in [-0.3, -0.25) is 4.79 Å². The molecule has 3 nitrogen and oxygen atoms in total. The minimum atomic E-state index is -0.581. The Kier molecular flexibility index (Phi) is 4.52. The van der Waals surface area contributed by atoms with Gasteiger partial charge in [0, 0.05) is 24.7 Å². The van der Waals surface area contributed by atoms with Crippen LogP contribution in [0.25, 0.3) is 0 Å². The lowest BCUT2D eigenvalue weighted by molar-refractivity contribution is -0.131. The van der Waals surface area contributed by atoms with Gasteiger partial charge in [0.1, 0.15) is 11.6 Å². The fourth-order valence-electron chi connectivity index (χ4n) is 2.21. The molecule has 1 aromatic carbocycles. The second-order valence-corrected chi connectivity index (χ2v) is 5.63. The number of carbonyl (C=O) groups is 1. The van der Waals surface area contributed by atoms with Crippen molar-refractivity contribution in [2.75, 3.05) is 13.1 Å². The van der Waals surface area contributed by atoms with Crippen molar-refractivity contribution < 1.29 is 13.6 Å². The lowest BCUT2D eigenvalue weighted by Gasteiger charge is -2.30. The van der Waals surface area contributed by atoms with Crippen LogP contribution in [0, 0.1) is 11.6 Å². The number of likely N-dealkylation sites (tertiary alicyclic amines) is 1. The van der Waals surface area contributed by atoms with Gasteiger partial charge < -0.3 is 10.6 Å². The van der Waals surface area contributed by atoms with Gasteiger partial charge in [-0.05, 0) is 40.9 Å². The van der Waals surface area contributed by atoms with E-state index in [1.165, 1.54) is 0 Å². The molecular weight excluding hydrogens is 318 g/mol. The number of nitrogens with two attached hydrogens (primary N) is 1. The Labute approximate surface area is 118 Å². The Morgan fingerprint density at radius 3 is 2.84 bits per heavy atom. The van der Waals surface area contributed by atoms with Crippen molar-refractivity contribution in [1.82, 2.24) is 4.90 Å². The van der Waals surface area contributed by atoms with Gasteiger partial charge >= 0.3 is 0 Å². The number of hydrogen-bond acceptors (Lipinski definition) is 2. The molecule has 1 aliphatic heterocycles. The van der Waals surface area contributed by atoms with Crippen LogP contribution in [-0.4, -0.2) is 29.9 Å². The highest BCUT2D eigenvalue weighted by atomic mass is 79.9. The zero-order valence-corrected chi connectivity index (χ0v) is 11.9. The van der Waals surface area contributed by atoms with Crippen LogP contribution in [0.4, 0.5) is 8.78 Å². The summed E-state index contributed by atoms with van der Waals surface area (Å²) in [5.74, 6) is -1.36. The fraction of sp³-hybridized carbons (Fsp3) is 0.462. The molecule has 1 atom stereocenters. The Balaban J connectivity index is 2.08. The highest BCUT2D eigenvalue weighted by Crippen LogP contribution is 2.21. The van der Waals surface area contributed by atoms with Crippen molar-refractivity contribution in [3.8, 4) is 0 Å². The van der Waals surface area contributed by atoms with Gasteiger partial charge in [-0.15, -0.1) is 0 Å². The van der Waals surface area contributed by atoms with Gasteiger partial charge in [-0.1, -0.05) is 0 Å². The van der Waals surface area contributed by atoms with Gasteiger partial charge in [0.2, 0.25) is 5.91 Å². The first kappa shape index (κ1) is 14.4. The van der Waals surface area contributed by atoms with Crippen LogP contribution < -0.4 is 5.73 Å². The summed E-state index contributed by atoms with van der Waals surface area (Å²) in [6.07, 6.45) is 1.61. The van der Waals surface area contributed by atoms with Crippen LogP contribution in [0.15, 0.2) is 16.6 Å². The number of piperidine rings is 1. The van der Waals surface area contributed by atoms with Gasteiger partial charge in [-0.25, -0.2) is 8.78 Å². The number of amides is 1. The van der Waals surface area contributed by atoms with E-state index in [1.807, 2.05) is 0 Å². The first-order chi connectivity index (χ1) is 8.97. The fourth-order valence-corrected chi connectivity index (χ4v) is 2.53. The maximum absolute atomic E-state index is 13.6. The zero-order valence-electron chi connectivity index (χ0n) is 10.3. The van der Waals surface area contributed by atoms with E-state index in [-0.39, 0.29) is 28.4 Å². The molecule has 1 aromatic rings. The molecule has 0 radical (unpaired) electrons. The number of rotatable bonds is 2. The topological polar surface area (TPSA) is 46.3 Å². The normalized spacial score (nSPS) is 19.6. The summed E-state index contributed by atoms with van der Waals surface area (Å²) in [5, 5.41) is 0. The smallest absolute Gasteiger partial charge is 0.227 e. The van der Waals surface area contributed by atoms with Gasteiger partial charge in [0.25, 0.3) is 0 Å².